The molecule has 0 spiro atoms. The molecule has 0 saturated heterocycles. The zero-order chi connectivity index (χ0) is 21.6. The van der Waals surface area contributed by atoms with Gasteiger partial charge < -0.3 is 15.4 Å². The fourth-order valence-electron chi connectivity index (χ4n) is 2.45. The molecule has 0 fully saturated rings. The minimum atomic E-state index is -1.01. The lowest BCUT2D eigenvalue weighted by molar-refractivity contribution is -0.152. The van der Waals surface area contributed by atoms with E-state index in [-0.39, 0.29) is 17.9 Å². The molecule has 0 saturated carbocycles. The van der Waals surface area contributed by atoms with Gasteiger partial charge in [0.15, 0.2) is 6.10 Å². The summed E-state index contributed by atoms with van der Waals surface area (Å²) in [4.78, 5) is 36.2. The van der Waals surface area contributed by atoms with Crippen LogP contribution in [0.2, 0.25) is 5.02 Å². The fraction of sp³-hybridized carbons (Fsp3) is 0.318. The summed E-state index contributed by atoms with van der Waals surface area (Å²) >= 11 is 5.80. The predicted octanol–water partition coefficient (Wildman–Crippen LogP) is 3.94. The maximum atomic E-state index is 12.2. The van der Waals surface area contributed by atoms with Crippen LogP contribution in [0.5, 0.6) is 0 Å². The molecule has 0 heterocycles. The molecule has 1 atom stereocenters. The standard InChI is InChI=1S/C22H25ClN2O4/c1-14(20(27)25-18-11-9-17(23)10-12-18)29-19(26)13-24-21(28)15-5-7-16(8-6-15)22(2,3)4/h5-12,14H,13H2,1-4H3,(H,24,28)(H,25,27)/t14-/m0/s1. The van der Waals surface area contributed by atoms with E-state index in [1.807, 2.05) is 12.1 Å². The third-order valence-electron chi connectivity index (χ3n) is 4.20. The minimum Gasteiger partial charge on any atom is -0.451 e. The molecular weight excluding hydrogens is 392 g/mol. The van der Waals surface area contributed by atoms with Gasteiger partial charge in [0.1, 0.15) is 6.54 Å². The number of esters is 1. The van der Waals surface area contributed by atoms with Crippen LogP contribution in [-0.4, -0.2) is 30.4 Å². The van der Waals surface area contributed by atoms with E-state index in [0.717, 1.165) is 5.56 Å². The van der Waals surface area contributed by atoms with Gasteiger partial charge >= 0.3 is 5.97 Å². The number of carbonyl (C=O) groups is 3. The van der Waals surface area contributed by atoms with Crippen molar-refractivity contribution in [3.63, 3.8) is 0 Å². The smallest absolute Gasteiger partial charge is 0.326 e. The molecule has 2 N–H and O–H groups in total. The van der Waals surface area contributed by atoms with Crippen LogP contribution in [0.25, 0.3) is 0 Å². The van der Waals surface area contributed by atoms with E-state index in [0.29, 0.717) is 16.3 Å². The quantitative estimate of drug-likeness (QED) is 0.698. The lowest BCUT2D eigenvalue weighted by Gasteiger charge is -2.19. The number of hydrogen-bond acceptors (Lipinski definition) is 4. The van der Waals surface area contributed by atoms with Crippen molar-refractivity contribution in [1.29, 1.82) is 0 Å². The van der Waals surface area contributed by atoms with Crippen molar-refractivity contribution in [1.82, 2.24) is 5.32 Å². The highest BCUT2D eigenvalue weighted by atomic mass is 35.5. The Morgan fingerprint density at radius 1 is 1.00 bits per heavy atom. The van der Waals surface area contributed by atoms with Crippen molar-refractivity contribution < 1.29 is 19.1 Å². The van der Waals surface area contributed by atoms with Gasteiger partial charge in [-0.05, 0) is 54.3 Å². The SMILES string of the molecule is C[C@H](OC(=O)CNC(=O)c1ccc(C(C)(C)C)cc1)C(=O)Nc1ccc(Cl)cc1. The summed E-state index contributed by atoms with van der Waals surface area (Å²) in [6.45, 7) is 7.38. The number of anilines is 1. The van der Waals surface area contributed by atoms with Gasteiger partial charge in [0, 0.05) is 16.3 Å². The van der Waals surface area contributed by atoms with Gasteiger partial charge in [0.25, 0.3) is 11.8 Å². The van der Waals surface area contributed by atoms with Crippen LogP contribution in [0.4, 0.5) is 5.69 Å². The number of nitrogens with one attached hydrogen (secondary N) is 2. The summed E-state index contributed by atoms with van der Waals surface area (Å²) < 4.78 is 5.07. The summed E-state index contributed by atoms with van der Waals surface area (Å²) in [5.41, 5.74) is 2.07. The lowest BCUT2D eigenvalue weighted by atomic mass is 9.87. The lowest BCUT2D eigenvalue weighted by Crippen LogP contribution is -2.35. The minimum absolute atomic E-state index is 0.0124. The van der Waals surface area contributed by atoms with Gasteiger partial charge in [-0.2, -0.15) is 0 Å². The molecule has 0 bridgehead atoms. The molecule has 7 heteroatoms. The van der Waals surface area contributed by atoms with Crippen LogP contribution in [0.3, 0.4) is 0 Å². The van der Waals surface area contributed by atoms with Crippen molar-refractivity contribution in [3.05, 3.63) is 64.7 Å². The van der Waals surface area contributed by atoms with Gasteiger partial charge in [0.2, 0.25) is 0 Å². The largest absolute Gasteiger partial charge is 0.451 e. The van der Waals surface area contributed by atoms with Gasteiger partial charge in [-0.3, -0.25) is 14.4 Å². The van der Waals surface area contributed by atoms with Crippen molar-refractivity contribution >= 4 is 35.1 Å². The average Bonchev–Trinajstić information content (AvgIpc) is 2.67. The zero-order valence-corrected chi connectivity index (χ0v) is 17.7. The van der Waals surface area contributed by atoms with Crippen LogP contribution in [-0.2, 0) is 19.7 Å². The van der Waals surface area contributed by atoms with E-state index in [4.69, 9.17) is 16.3 Å². The van der Waals surface area contributed by atoms with E-state index in [9.17, 15) is 14.4 Å². The Kier molecular flexibility index (Phi) is 7.40. The van der Waals surface area contributed by atoms with E-state index in [1.54, 1.807) is 36.4 Å². The van der Waals surface area contributed by atoms with Gasteiger partial charge in [-0.1, -0.05) is 44.5 Å². The Labute approximate surface area is 175 Å². The van der Waals surface area contributed by atoms with E-state index >= 15 is 0 Å². The first-order valence-electron chi connectivity index (χ1n) is 9.21. The Hall–Kier alpha value is -2.86. The molecule has 0 aromatic heterocycles. The van der Waals surface area contributed by atoms with Gasteiger partial charge in [0.05, 0.1) is 0 Å². The number of hydrogen-bond donors (Lipinski definition) is 2. The monoisotopic (exact) mass is 416 g/mol. The van der Waals surface area contributed by atoms with Gasteiger partial charge in [-0.25, -0.2) is 0 Å². The van der Waals surface area contributed by atoms with E-state index in [2.05, 4.69) is 31.4 Å². The normalized spacial score (nSPS) is 12.0. The number of amides is 2. The van der Waals surface area contributed by atoms with Crippen LogP contribution in [0.15, 0.2) is 48.5 Å². The summed E-state index contributed by atoms with van der Waals surface area (Å²) in [5.74, 6) is -1.58. The Bertz CT molecular complexity index is 871. The predicted molar refractivity (Wildman–Crippen MR) is 113 cm³/mol. The highest BCUT2D eigenvalue weighted by Gasteiger charge is 2.19. The number of ether oxygens (including phenoxy) is 1. The fourth-order valence-corrected chi connectivity index (χ4v) is 2.57. The van der Waals surface area contributed by atoms with E-state index in [1.165, 1.54) is 6.92 Å². The zero-order valence-electron chi connectivity index (χ0n) is 16.9. The Morgan fingerprint density at radius 3 is 2.14 bits per heavy atom. The van der Waals surface area contributed by atoms with Gasteiger partial charge in [-0.15, -0.1) is 0 Å². The first-order valence-corrected chi connectivity index (χ1v) is 9.59. The molecule has 0 aliphatic carbocycles. The molecule has 6 nitrogen and oxygen atoms in total. The molecule has 2 aromatic carbocycles. The van der Waals surface area contributed by atoms with Crippen LogP contribution in [0, 0.1) is 0 Å². The maximum absolute atomic E-state index is 12.2. The second kappa shape index (κ2) is 9.56. The first kappa shape index (κ1) is 22.4. The first-order chi connectivity index (χ1) is 13.6. The van der Waals surface area contributed by atoms with Crippen LogP contribution < -0.4 is 10.6 Å². The molecule has 0 aliphatic rings. The second-order valence-corrected chi connectivity index (χ2v) is 8.07. The Balaban J connectivity index is 1.81. The molecule has 2 rings (SSSR count). The topological polar surface area (TPSA) is 84.5 Å². The van der Waals surface area contributed by atoms with Crippen molar-refractivity contribution in [2.24, 2.45) is 0 Å². The molecule has 29 heavy (non-hydrogen) atoms. The highest BCUT2D eigenvalue weighted by molar-refractivity contribution is 6.30. The molecule has 0 radical (unpaired) electrons. The summed E-state index contributed by atoms with van der Waals surface area (Å²) in [6, 6.07) is 13.7. The second-order valence-electron chi connectivity index (χ2n) is 7.64. The third-order valence-corrected chi connectivity index (χ3v) is 4.45. The number of benzene rings is 2. The molecule has 0 aliphatic heterocycles. The number of rotatable bonds is 6. The molecule has 2 aromatic rings. The third kappa shape index (κ3) is 6.91. The molecule has 2 amide bonds. The van der Waals surface area contributed by atoms with Crippen molar-refractivity contribution in [2.45, 2.75) is 39.2 Å². The number of carbonyl (C=O) groups excluding carboxylic acids is 3. The van der Waals surface area contributed by atoms with Crippen LogP contribution in [0.1, 0.15) is 43.6 Å². The maximum Gasteiger partial charge on any atom is 0.326 e. The van der Waals surface area contributed by atoms with Crippen molar-refractivity contribution in [2.75, 3.05) is 11.9 Å². The Morgan fingerprint density at radius 2 is 1.59 bits per heavy atom. The van der Waals surface area contributed by atoms with Crippen LogP contribution >= 0.6 is 11.6 Å². The molecular formula is C22H25ClN2O4. The summed E-state index contributed by atoms with van der Waals surface area (Å²) in [7, 11) is 0. The molecule has 154 valence electrons. The summed E-state index contributed by atoms with van der Waals surface area (Å²) in [5, 5.41) is 5.66. The summed E-state index contributed by atoms with van der Waals surface area (Å²) in [6.07, 6.45) is -1.01. The van der Waals surface area contributed by atoms with Crippen molar-refractivity contribution in [3.8, 4) is 0 Å². The highest BCUT2D eigenvalue weighted by Crippen LogP contribution is 2.22. The van der Waals surface area contributed by atoms with E-state index < -0.39 is 18.0 Å². The average molecular weight is 417 g/mol. The number of halogens is 1. The molecule has 0 unspecified atom stereocenters.